The van der Waals surface area contributed by atoms with Gasteiger partial charge in [0, 0.05) is 61.7 Å². The van der Waals surface area contributed by atoms with E-state index in [1.54, 1.807) is 23.1 Å². The number of amides is 4. The van der Waals surface area contributed by atoms with Crippen molar-refractivity contribution in [3.63, 3.8) is 0 Å². The van der Waals surface area contributed by atoms with Gasteiger partial charge in [-0.3, -0.25) is 9.59 Å². The molecule has 0 unspecified atom stereocenters. The maximum Gasteiger partial charge on any atom is 0.317 e. The second-order valence-corrected chi connectivity index (χ2v) is 10.3. The van der Waals surface area contributed by atoms with E-state index in [4.69, 9.17) is 0 Å². The Hall–Kier alpha value is -3.62. The lowest BCUT2D eigenvalue weighted by molar-refractivity contribution is 0.0792. The topological polar surface area (TPSA) is 85.0 Å². The number of anilines is 2. The predicted octanol–water partition coefficient (Wildman–Crippen LogP) is 3.94. The summed E-state index contributed by atoms with van der Waals surface area (Å²) in [5.41, 5.74) is 1.66. The SMILES string of the molecule is CC(C)(C)NC(=O)N1CCN(c2ccc(NC(=O)c3cccc(F)c3)cc2C(=O)N2CCCC2)CC1. The van der Waals surface area contributed by atoms with Crippen LogP contribution in [0.2, 0.25) is 0 Å². The fourth-order valence-corrected chi connectivity index (χ4v) is 4.53. The Kier molecular flexibility index (Phi) is 7.47. The zero-order valence-corrected chi connectivity index (χ0v) is 21.1. The molecule has 2 saturated heterocycles. The average Bonchev–Trinajstić information content (AvgIpc) is 3.38. The van der Waals surface area contributed by atoms with Crippen molar-refractivity contribution in [1.29, 1.82) is 0 Å². The molecule has 0 radical (unpaired) electrons. The molecule has 192 valence electrons. The first-order valence-corrected chi connectivity index (χ1v) is 12.4. The van der Waals surface area contributed by atoms with Gasteiger partial charge in [-0.2, -0.15) is 0 Å². The molecule has 4 amide bonds. The summed E-state index contributed by atoms with van der Waals surface area (Å²) < 4.78 is 13.6. The first kappa shape index (κ1) is 25.5. The van der Waals surface area contributed by atoms with E-state index in [0.29, 0.717) is 50.5 Å². The van der Waals surface area contributed by atoms with Crippen LogP contribution in [0.3, 0.4) is 0 Å². The normalized spacial score (nSPS) is 16.2. The van der Waals surface area contributed by atoms with Gasteiger partial charge in [0.15, 0.2) is 0 Å². The molecule has 2 aromatic carbocycles. The molecule has 0 atom stereocenters. The summed E-state index contributed by atoms with van der Waals surface area (Å²) in [5.74, 6) is -1.00. The Balaban J connectivity index is 1.53. The number of hydrogen-bond acceptors (Lipinski definition) is 4. The highest BCUT2D eigenvalue weighted by Crippen LogP contribution is 2.28. The third-order valence-corrected chi connectivity index (χ3v) is 6.35. The van der Waals surface area contributed by atoms with Crippen LogP contribution in [-0.4, -0.2) is 72.5 Å². The fourth-order valence-electron chi connectivity index (χ4n) is 4.53. The molecule has 2 aliphatic rings. The number of carbonyl (C=O) groups excluding carboxylic acids is 3. The van der Waals surface area contributed by atoms with Gasteiger partial charge in [-0.25, -0.2) is 9.18 Å². The van der Waals surface area contributed by atoms with Gasteiger partial charge in [-0.05, 0) is 70.0 Å². The molecule has 9 heteroatoms. The van der Waals surface area contributed by atoms with Crippen molar-refractivity contribution in [2.75, 3.05) is 49.5 Å². The summed E-state index contributed by atoms with van der Waals surface area (Å²) >= 11 is 0. The maximum absolute atomic E-state index is 13.6. The molecule has 0 aromatic heterocycles. The van der Waals surface area contributed by atoms with E-state index in [9.17, 15) is 18.8 Å². The van der Waals surface area contributed by atoms with Gasteiger partial charge in [-0.1, -0.05) is 6.07 Å². The van der Waals surface area contributed by atoms with E-state index in [1.165, 1.54) is 18.2 Å². The van der Waals surface area contributed by atoms with Gasteiger partial charge in [0.1, 0.15) is 5.82 Å². The first-order valence-electron chi connectivity index (χ1n) is 12.4. The Bertz CT molecular complexity index is 1130. The van der Waals surface area contributed by atoms with Crippen LogP contribution in [0.25, 0.3) is 0 Å². The van der Waals surface area contributed by atoms with Crippen LogP contribution in [-0.2, 0) is 0 Å². The highest BCUT2D eigenvalue weighted by Gasteiger charge is 2.28. The molecule has 0 saturated carbocycles. The van der Waals surface area contributed by atoms with Crippen LogP contribution in [0.5, 0.6) is 0 Å². The standard InChI is InChI=1S/C27H34FN5O3/c1-27(2,3)30-26(36)33-15-13-31(14-16-33)23-10-9-21(18-22(23)25(35)32-11-4-5-12-32)29-24(34)19-7-6-8-20(28)17-19/h6-10,17-18H,4-5,11-16H2,1-3H3,(H,29,34)(H,30,36). The molecule has 0 aliphatic carbocycles. The molecule has 8 nitrogen and oxygen atoms in total. The molecule has 2 fully saturated rings. The molecular weight excluding hydrogens is 461 g/mol. The van der Waals surface area contributed by atoms with Crippen molar-refractivity contribution >= 4 is 29.2 Å². The number of hydrogen-bond donors (Lipinski definition) is 2. The second kappa shape index (κ2) is 10.6. The largest absolute Gasteiger partial charge is 0.367 e. The van der Waals surface area contributed by atoms with Crippen LogP contribution in [0.15, 0.2) is 42.5 Å². The third kappa shape index (κ3) is 6.13. The molecule has 4 rings (SSSR count). The quantitative estimate of drug-likeness (QED) is 0.673. The highest BCUT2D eigenvalue weighted by molar-refractivity contribution is 6.06. The van der Waals surface area contributed by atoms with E-state index in [1.807, 2.05) is 31.7 Å². The second-order valence-electron chi connectivity index (χ2n) is 10.3. The Labute approximate surface area is 211 Å². The van der Waals surface area contributed by atoms with Gasteiger partial charge in [0.2, 0.25) is 0 Å². The molecule has 0 spiro atoms. The summed E-state index contributed by atoms with van der Waals surface area (Å²) in [6, 6.07) is 10.7. The van der Waals surface area contributed by atoms with E-state index in [0.717, 1.165) is 18.5 Å². The average molecular weight is 496 g/mol. The summed E-state index contributed by atoms with van der Waals surface area (Å²) in [5, 5.41) is 5.79. The van der Waals surface area contributed by atoms with Crippen LogP contribution < -0.4 is 15.5 Å². The monoisotopic (exact) mass is 495 g/mol. The fraction of sp³-hybridized carbons (Fsp3) is 0.444. The minimum absolute atomic E-state index is 0.0720. The lowest BCUT2D eigenvalue weighted by Crippen LogP contribution is -2.55. The number of nitrogens with one attached hydrogen (secondary N) is 2. The summed E-state index contributed by atoms with van der Waals surface area (Å²) in [7, 11) is 0. The van der Waals surface area contributed by atoms with Gasteiger partial charge in [-0.15, -0.1) is 0 Å². The van der Waals surface area contributed by atoms with Gasteiger partial charge in [0.25, 0.3) is 11.8 Å². The number of halogens is 1. The van der Waals surface area contributed by atoms with Crippen molar-refractivity contribution in [3.8, 4) is 0 Å². The molecule has 2 heterocycles. The van der Waals surface area contributed by atoms with Crippen molar-refractivity contribution < 1.29 is 18.8 Å². The molecular formula is C27H34FN5O3. The van der Waals surface area contributed by atoms with Crippen LogP contribution >= 0.6 is 0 Å². The highest BCUT2D eigenvalue weighted by atomic mass is 19.1. The molecule has 2 aromatic rings. The lowest BCUT2D eigenvalue weighted by atomic mass is 10.1. The van der Waals surface area contributed by atoms with Gasteiger partial charge in [0.05, 0.1) is 5.56 Å². The van der Waals surface area contributed by atoms with Gasteiger partial charge < -0.3 is 25.3 Å². The summed E-state index contributed by atoms with van der Waals surface area (Å²) in [4.78, 5) is 44.4. The number of benzene rings is 2. The summed E-state index contributed by atoms with van der Waals surface area (Å²) in [6.45, 7) is 9.52. The van der Waals surface area contributed by atoms with Crippen molar-refractivity contribution in [2.45, 2.75) is 39.2 Å². The lowest BCUT2D eigenvalue weighted by Gasteiger charge is -2.38. The molecule has 0 bridgehead atoms. The van der Waals surface area contributed by atoms with Crippen molar-refractivity contribution in [3.05, 3.63) is 59.4 Å². The molecule has 36 heavy (non-hydrogen) atoms. The first-order chi connectivity index (χ1) is 17.1. The Morgan fingerprint density at radius 1 is 0.861 bits per heavy atom. The minimum Gasteiger partial charge on any atom is -0.367 e. The number of urea groups is 1. The van der Waals surface area contributed by atoms with E-state index >= 15 is 0 Å². The van der Waals surface area contributed by atoms with Crippen molar-refractivity contribution in [1.82, 2.24) is 15.1 Å². The van der Waals surface area contributed by atoms with E-state index < -0.39 is 11.7 Å². The number of carbonyl (C=O) groups is 3. The predicted molar refractivity (Wildman–Crippen MR) is 138 cm³/mol. The minimum atomic E-state index is -0.488. The van der Waals surface area contributed by atoms with Crippen molar-refractivity contribution in [2.24, 2.45) is 0 Å². The zero-order chi connectivity index (χ0) is 25.9. The van der Waals surface area contributed by atoms with Crippen LogP contribution in [0.1, 0.15) is 54.3 Å². The smallest absolute Gasteiger partial charge is 0.317 e. The van der Waals surface area contributed by atoms with Crippen LogP contribution in [0.4, 0.5) is 20.6 Å². The van der Waals surface area contributed by atoms with Crippen LogP contribution in [0, 0.1) is 5.82 Å². The van der Waals surface area contributed by atoms with E-state index in [-0.39, 0.29) is 23.0 Å². The molecule has 2 N–H and O–H groups in total. The Morgan fingerprint density at radius 2 is 1.56 bits per heavy atom. The Morgan fingerprint density at radius 3 is 2.19 bits per heavy atom. The number of rotatable bonds is 4. The van der Waals surface area contributed by atoms with E-state index in [2.05, 4.69) is 15.5 Å². The van der Waals surface area contributed by atoms with Gasteiger partial charge >= 0.3 is 6.03 Å². The number of likely N-dealkylation sites (tertiary alicyclic amines) is 1. The molecule has 2 aliphatic heterocycles. The number of nitrogens with zero attached hydrogens (tertiary/aromatic N) is 3. The zero-order valence-electron chi connectivity index (χ0n) is 21.1. The third-order valence-electron chi connectivity index (χ3n) is 6.35. The summed E-state index contributed by atoms with van der Waals surface area (Å²) in [6.07, 6.45) is 1.94. The number of piperazine rings is 1. The maximum atomic E-state index is 13.6.